The molecule has 12 heavy (non-hydrogen) atoms. The van der Waals surface area contributed by atoms with Gasteiger partial charge in [-0.2, -0.15) is 0 Å². The minimum atomic E-state index is 0.684. The number of benzene rings is 1. The summed E-state index contributed by atoms with van der Waals surface area (Å²) >= 11 is 3.37. The van der Waals surface area contributed by atoms with Crippen LogP contribution in [-0.2, 0) is 0 Å². The van der Waals surface area contributed by atoms with Gasteiger partial charge in [0, 0.05) is 22.3 Å². The molecule has 1 aromatic carbocycles. The zero-order valence-electron chi connectivity index (χ0n) is 6.80. The summed E-state index contributed by atoms with van der Waals surface area (Å²) in [5.74, 6) is 0. The molecule has 3 heteroatoms. The van der Waals surface area contributed by atoms with Gasteiger partial charge >= 0.3 is 0 Å². The third kappa shape index (κ3) is 2.08. The fourth-order valence-corrected chi connectivity index (χ4v) is 1.48. The number of nitrogens with one attached hydrogen (secondary N) is 1. The molecule has 0 aromatic heterocycles. The van der Waals surface area contributed by atoms with Crippen LogP contribution in [0.3, 0.4) is 0 Å². The molecule has 64 valence electrons. The summed E-state index contributed by atoms with van der Waals surface area (Å²) in [6, 6.07) is 5.47. The van der Waals surface area contributed by atoms with Gasteiger partial charge in [0.15, 0.2) is 0 Å². The second-order valence-electron chi connectivity index (χ2n) is 2.39. The van der Waals surface area contributed by atoms with Crippen molar-refractivity contribution in [2.24, 2.45) is 0 Å². The van der Waals surface area contributed by atoms with Crippen LogP contribution < -0.4 is 5.32 Å². The molecule has 0 radical (unpaired) electrons. The number of carbonyl (C=O) groups is 1. The number of halogens is 1. The second-order valence-corrected chi connectivity index (χ2v) is 3.24. The number of anilines is 1. The van der Waals surface area contributed by atoms with Crippen molar-refractivity contribution in [3.05, 3.63) is 28.2 Å². The Labute approximate surface area is 80.1 Å². The lowest BCUT2D eigenvalue weighted by Crippen LogP contribution is -1.97. The first-order valence-corrected chi connectivity index (χ1v) is 4.56. The van der Waals surface area contributed by atoms with Crippen molar-refractivity contribution < 1.29 is 4.79 Å². The van der Waals surface area contributed by atoms with Crippen molar-refractivity contribution >= 4 is 27.9 Å². The first kappa shape index (κ1) is 9.26. The topological polar surface area (TPSA) is 29.1 Å². The molecule has 0 heterocycles. The Morgan fingerprint density at radius 3 is 2.83 bits per heavy atom. The lowest BCUT2D eigenvalue weighted by Gasteiger charge is -2.05. The first-order valence-electron chi connectivity index (χ1n) is 3.76. The normalized spacial score (nSPS) is 9.50. The van der Waals surface area contributed by atoms with Crippen molar-refractivity contribution in [3.63, 3.8) is 0 Å². The van der Waals surface area contributed by atoms with Crippen molar-refractivity contribution in [1.29, 1.82) is 0 Å². The van der Waals surface area contributed by atoms with Gasteiger partial charge in [0.05, 0.1) is 0 Å². The predicted molar refractivity (Wildman–Crippen MR) is 53.7 cm³/mol. The lowest BCUT2D eigenvalue weighted by molar-refractivity contribution is 0.112. The standard InChI is InChI=1S/C9H10BrNO/c1-2-11-9-4-3-7(6-12)5-8(9)10/h3-6,11H,2H2,1H3. The van der Waals surface area contributed by atoms with Gasteiger partial charge in [-0.05, 0) is 41.1 Å². The summed E-state index contributed by atoms with van der Waals surface area (Å²) in [5, 5.41) is 3.16. The van der Waals surface area contributed by atoms with Crippen LogP contribution in [0.1, 0.15) is 17.3 Å². The van der Waals surface area contributed by atoms with E-state index in [1.807, 2.05) is 13.0 Å². The summed E-state index contributed by atoms with van der Waals surface area (Å²) in [6.07, 6.45) is 0.834. The molecule has 0 aliphatic carbocycles. The van der Waals surface area contributed by atoms with Gasteiger partial charge in [-0.1, -0.05) is 0 Å². The van der Waals surface area contributed by atoms with Crippen LogP contribution in [0.25, 0.3) is 0 Å². The third-order valence-electron chi connectivity index (χ3n) is 1.50. The zero-order valence-corrected chi connectivity index (χ0v) is 8.39. The lowest BCUT2D eigenvalue weighted by atomic mass is 10.2. The Morgan fingerprint density at radius 2 is 2.33 bits per heavy atom. The van der Waals surface area contributed by atoms with Crippen molar-refractivity contribution in [2.75, 3.05) is 11.9 Å². The second kappa shape index (κ2) is 4.26. The highest BCUT2D eigenvalue weighted by Crippen LogP contribution is 2.22. The molecule has 1 N–H and O–H groups in total. The summed E-state index contributed by atoms with van der Waals surface area (Å²) in [6.45, 7) is 2.90. The van der Waals surface area contributed by atoms with E-state index in [1.165, 1.54) is 0 Å². The number of carbonyl (C=O) groups excluding carboxylic acids is 1. The quantitative estimate of drug-likeness (QED) is 0.806. The smallest absolute Gasteiger partial charge is 0.150 e. The Morgan fingerprint density at radius 1 is 1.58 bits per heavy atom. The Hall–Kier alpha value is -0.830. The van der Waals surface area contributed by atoms with E-state index in [4.69, 9.17) is 0 Å². The largest absolute Gasteiger partial charge is 0.384 e. The van der Waals surface area contributed by atoms with Gasteiger partial charge in [0.2, 0.25) is 0 Å². The molecular formula is C9H10BrNO. The van der Waals surface area contributed by atoms with E-state index in [1.54, 1.807) is 12.1 Å². The maximum absolute atomic E-state index is 10.4. The number of aldehydes is 1. The van der Waals surface area contributed by atoms with Crippen LogP contribution in [0.15, 0.2) is 22.7 Å². The Kier molecular flexibility index (Phi) is 3.29. The van der Waals surface area contributed by atoms with Gasteiger partial charge < -0.3 is 5.32 Å². The highest BCUT2D eigenvalue weighted by Gasteiger charge is 1.98. The number of hydrogen-bond acceptors (Lipinski definition) is 2. The molecule has 1 aromatic rings. The van der Waals surface area contributed by atoms with E-state index < -0.39 is 0 Å². The first-order chi connectivity index (χ1) is 5.77. The third-order valence-corrected chi connectivity index (χ3v) is 2.15. The van der Waals surface area contributed by atoms with Crippen LogP contribution in [-0.4, -0.2) is 12.8 Å². The number of hydrogen-bond donors (Lipinski definition) is 1. The Balaban J connectivity index is 2.94. The number of rotatable bonds is 3. The van der Waals surface area contributed by atoms with Gasteiger partial charge in [-0.3, -0.25) is 4.79 Å². The Bertz CT molecular complexity index is 286. The molecular weight excluding hydrogens is 218 g/mol. The zero-order chi connectivity index (χ0) is 8.97. The predicted octanol–water partition coefficient (Wildman–Crippen LogP) is 2.69. The van der Waals surface area contributed by atoms with Crippen LogP contribution >= 0.6 is 15.9 Å². The molecule has 0 aliphatic heterocycles. The van der Waals surface area contributed by atoms with E-state index in [2.05, 4.69) is 21.2 Å². The van der Waals surface area contributed by atoms with Crippen LogP contribution in [0, 0.1) is 0 Å². The SMILES string of the molecule is CCNc1ccc(C=O)cc1Br. The van der Waals surface area contributed by atoms with E-state index >= 15 is 0 Å². The van der Waals surface area contributed by atoms with Crippen molar-refractivity contribution in [3.8, 4) is 0 Å². The summed E-state index contributed by atoms with van der Waals surface area (Å²) in [4.78, 5) is 10.4. The monoisotopic (exact) mass is 227 g/mol. The molecule has 0 unspecified atom stereocenters. The molecule has 0 saturated heterocycles. The van der Waals surface area contributed by atoms with Gasteiger partial charge in [-0.15, -0.1) is 0 Å². The molecule has 0 saturated carbocycles. The van der Waals surface area contributed by atoms with Crippen molar-refractivity contribution in [1.82, 2.24) is 0 Å². The molecule has 0 atom stereocenters. The van der Waals surface area contributed by atoms with Gasteiger partial charge in [0.1, 0.15) is 6.29 Å². The van der Waals surface area contributed by atoms with E-state index in [0.29, 0.717) is 5.56 Å². The minimum absolute atomic E-state index is 0.684. The minimum Gasteiger partial charge on any atom is -0.384 e. The summed E-state index contributed by atoms with van der Waals surface area (Å²) < 4.78 is 0.925. The van der Waals surface area contributed by atoms with Gasteiger partial charge in [0.25, 0.3) is 0 Å². The fourth-order valence-electron chi connectivity index (χ4n) is 0.938. The highest BCUT2D eigenvalue weighted by atomic mass is 79.9. The van der Waals surface area contributed by atoms with Crippen LogP contribution in [0.5, 0.6) is 0 Å². The maximum atomic E-state index is 10.4. The summed E-state index contributed by atoms with van der Waals surface area (Å²) in [7, 11) is 0. The van der Waals surface area contributed by atoms with Gasteiger partial charge in [-0.25, -0.2) is 0 Å². The van der Waals surface area contributed by atoms with E-state index in [-0.39, 0.29) is 0 Å². The fraction of sp³-hybridized carbons (Fsp3) is 0.222. The average molecular weight is 228 g/mol. The molecule has 0 amide bonds. The van der Waals surface area contributed by atoms with Crippen LogP contribution in [0.4, 0.5) is 5.69 Å². The van der Waals surface area contributed by atoms with Crippen LogP contribution in [0.2, 0.25) is 0 Å². The maximum Gasteiger partial charge on any atom is 0.150 e. The van der Waals surface area contributed by atoms with E-state index in [0.717, 1.165) is 23.0 Å². The van der Waals surface area contributed by atoms with Crippen molar-refractivity contribution in [2.45, 2.75) is 6.92 Å². The van der Waals surface area contributed by atoms with E-state index in [9.17, 15) is 4.79 Å². The average Bonchev–Trinajstić information content (AvgIpc) is 2.09. The molecule has 0 fully saturated rings. The molecule has 0 bridgehead atoms. The summed E-state index contributed by atoms with van der Waals surface area (Å²) in [5.41, 5.74) is 1.70. The molecule has 0 spiro atoms. The highest BCUT2D eigenvalue weighted by molar-refractivity contribution is 9.10. The molecule has 2 nitrogen and oxygen atoms in total. The molecule has 1 rings (SSSR count). The molecule has 0 aliphatic rings.